The zero-order valence-electron chi connectivity index (χ0n) is 17.2. The van der Waals surface area contributed by atoms with Crippen LogP contribution < -0.4 is 10.6 Å². The van der Waals surface area contributed by atoms with Crippen molar-refractivity contribution >= 4 is 40.8 Å². The number of carbonyl (C=O) groups is 1. The third-order valence-electron chi connectivity index (χ3n) is 5.67. The van der Waals surface area contributed by atoms with Crippen molar-refractivity contribution in [2.24, 2.45) is 5.41 Å². The van der Waals surface area contributed by atoms with Crippen molar-refractivity contribution < 1.29 is 9.32 Å². The zero-order chi connectivity index (χ0) is 19.9. The standard InChI is InChI=1S/C21H26N4O2S.ClH/c1-12-9-15(14(3)28-12)17-10-16(18-13(2)25-27-20(18)24-17)19(26)23-11-21(4)5-7-22-8-6-21;/h9-10,22H,5-8,11H2,1-4H3,(H,23,26);1H. The van der Waals surface area contributed by atoms with Gasteiger partial charge in [-0.1, -0.05) is 12.1 Å². The Morgan fingerprint density at radius 1 is 1.28 bits per heavy atom. The third kappa shape index (κ3) is 4.32. The molecule has 0 aromatic carbocycles. The van der Waals surface area contributed by atoms with Gasteiger partial charge in [0.25, 0.3) is 11.6 Å². The topological polar surface area (TPSA) is 80.0 Å². The predicted octanol–water partition coefficient (Wildman–Crippen LogP) is 4.42. The van der Waals surface area contributed by atoms with Gasteiger partial charge in [-0.3, -0.25) is 4.79 Å². The summed E-state index contributed by atoms with van der Waals surface area (Å²) in [6.45, 7) is 10.9. The van der Waals surface area contributed by atoms with Crippen LogP contribution in [0.15, 0.2) is 16.7 Å². The monoisotopic (exact) mass is 434 g/mol. The van der Waals surface area contributed by atoms with Gasteiger partial charge in [0, 0.05) is 21.9 Å². The molecule has 156 valence electrons. The van der Waals surface area contributed by atoms with Crippen LogP contribution in [0.3, 0.4) is 0 Å². The lowest BCUT2D eigenvalue weighted by molar-refractivity contribution is 0.0924. The van der Waals surface area contributed by atoms with Gasteiger partial charge in [0.05, 0.1) is 22.3 Å². The van der Waals surface area contributed by atoms with Crippen molar-refractivity contribution in [3.8, 4) is 11.3 Å². The van der Waals surface area contributed by atoms with Crippen molar-refractivity contribution in [3.63, 3.8) is 0 Å². The molecule has 0 bridgehead atoms. The minimum Gasteiger partial charge on any atom is -0.351 e. The Bertz CT molecular complexity index is 1040. The number of nitrogens with one attached hydrogen (secondary N) is 2. The molecule has 0 unspecified atom stereocenters. The number of hydrogen-bond acceptors (Lipinski definition) is 6. The van der Waals surface area contributed by atoms with Crippen molar-refractivity contribution in [3.05, 3.63) is 33.1 Å². The lowest BCUT2D eigenvalue weighted by Gasteiger charge is -2.34. The number of aryl methyl sites for hydroxylation is 3. The summed E-state index contributed by atoms with van der Waals surface area (Å²) in [5.74, 6) is -0.0932. The molecular weight excluding hydrogens is 408 g/mol. The van der Waals surface area contributed by atoms with Crippen molar-refractivity contribution in [2.75, 3.05) is 19.6 Å². The second-order valence-corrected chi connectivity index (χ2v) is 9.53. The molecule has 2 N–H and O–H groups in total. The van der Waals surface area contributed by atoms with E-state index in [0.717, 1.165) is 37.2 Å². The second kappa shape index (κ2) is 8.42. The Morgan fingerprint density at radius 3 is 2.66 bits per heavy atom. The van der Waals surface area contributed by atoms with Crippen molar-refractivity contribution in [1.29, 1.82) is 0 Å². The Hall–Kier alpha value is -1.96. The Kier molecular flexibility index (Phi) is 6.31. The molecule has 1 aliphatic heterocycles. The summed E-state index contributed by atoms with van der Waals surface area (Å²) in [4.78, 5) is 20.2. The Morgan fingerprint density at radius 2 is 2.00 bits per heavy atom. The number of halogens is 1. The molecule has 0 saturated carbocycles. The van der Waals surface area contributed by atoms with E-state index in [0.29, 0.717) is 28.9 Å². The van der Waals surface area contributed by atoms with Crippen LogP contribution in [-0.4, -0.2) is 35.7 Å². The summed E-state index contributed by atoms with van der Waals surface area (Å²) in [5, 5.41) is 11.3. The second-order valence-electron chi connectivity index (χ2n) is 8.07. The summed E-state index contributed by atoms with van der Waals surface area (Å²) in [7, 11) is 0. The molecular formula is C21H27ClN4O2S. The first kappa shape index (κ1) is 21.7. The van der Waals surface area contributed by atoms with Crippen LogP contribution in [0.1, 0.15) is 45.6 Å². The molecule has 4 heterocycles. The van der Waals surface area contributed by atoms with Crippen LogP contribution in [0.5, 0.6) is 0 Å². The van der Waals surface area contributed by atoms with Crippen molar-refractivity contribution in [1.82, 2.24) is 20.8 Å². The molecule has 0 aliphatic carbocycles. The van der Waals surface area contributed by atoms with Crippen LogP contribution in [0, 0.1) is 26.2 Å². The van der Waals surface area contributed by atoms with Crippen LogP contribution in [0.4, 0.5) is 0 Å². The molecule has 3 aromatic rings. The summed E-state index contributed by atoms with van der Waals surface area (Å²) < 4.78 is 5.42. The van der Waals surface area contributed by atoms with E-state index in [1.807, 2.05) is 13.0 Å². The molecule has 3 aromatic heterocycles. The average Bonchev–Trinajstić information content (AvgIpc) is 3.21. The molecule has 1 amide bonds. The molecule has 6 nitrogen and oxygen atoms in total. The Balaban J connectivity index is 0.00000240. The SMILES string of the molecule is Cc1cc(-c2cc(C(=O)NCC3(C)CCNCC3)c3c(C)noc3n2)c(C)s1.Cl. The molecule has 1 fully saturated rings. The van der Waals surface area contributed by atoms with Crippen LogP contribution in [0.2, 0.25) is 0 Å². The van der Waals surface area contributed by atoms with E-state index < -0.39 is 0 Å². The number of piperidine rings is 1. The van der Waals surface area contributed by atoms with Gasteiger partial charge in [0.1, 0.15) is 0 Å². The quantitative estimate of drug-likeness (QED) is 0.635. The summed E-state index contributed by atoms with van der Waals surface area (Å²) >= 11 is 1.72. The summed E-state index contributed by atoms with van der Waals surface area (Å²) in [6, 6.07) is 3.98. The molecule has 1 saturated heterocycles. The maximum atomic E-state index is 13.1. The smallest absolute Gasteiger partial charge is 0.259 e. The van der Waals surface area contributed by atoms with Gasteiger partial charge < -0.3 is 15.2 Å². The first-order valence-corrected chi connectivity index (χ1v) is 10.5. The summed E-state index contributed by atoms with van der Waals surface area (Å²) in [5.41, 5.74) is 3.60. The lowest BCUT2D eigenvalue weighted by atomic mass is 9.81. The molecule has 29 heavy (non-hydrogen) atoms. The number of thiophene rings is 1. The highest BCUT2D eigenvalue weighted by atomic mass is 35.5. The van der Waals surface area contributed by atoms with E-state index in [-0.39, 0.29) is 23.7 Å². The average molecular weight is 435 g/mol. The number of nitrogens with zero attached hydrogens (tertiary/aromatic N) is 2. The van der Waals surface area contributed by atoms with E-state index in [1.165, 1.54) is 9.75 Å². The van der Waals surface area contributed by atoms with Crippen LogP contribution in [-0.2, 0) is 0 Å². The van der Waals surface area contributed by atoms with Gasteiger partial charge in [0.2, 0.25) is 0 Å². The molecule has 4 rings (SSSR count). The number of carbonyl (C=O) groups excluding carboxylic acids is 1. The van der Waals surface area contributed by atoms with Gasteiger partial charge >= 0.3 is 0 Å². The van der Waals surface area contributed by atoms with E-state index >= 15 is 0 Å². The number of rotatable bonds is 4. The van der Waals surface area contributed by atoms with Crippen molar-refractivity contribution in [2.45, 2.75) is 40.5 Å². The van der Waals surface area contributed by atoms with Gasteiger partial charge in [-0.2, -0.15) is 0 Å². The van der Waals surface area contributed by atoms with Gasteiger partial charge in [0.15, 0.2) is 0 Å². The fourth-order valence-corrected chi connectivity index (χ4v) is 4.83. The molecule has 1 aliphatic rings. The van der Waals surface area contributed by atoms with Crippen LogP contribution >= 0.6 is 23.7 Å². The predicted molar refractivity (Wildman–Crippen MR) is 119 cm³/mol. The third-order valence-corrected chi connectivity index (χ3v) is 6.63. The summed E-state index contributed by atoms with van der Waals surface area (Å²) in [6.07, 6.45) is 2.12. The normalized spacial score (nSPS) is 15.9. The largest absolute Gasteiger partial charge is 0.351 e. The van der Waals surface area contributed by atoms with E-state index in [4.69, 9.17) is 4.52 Å². The molecule has 0 atom stereocenters. The molecule has 0 radical (unpaired) electrons. The minimum absolute atomic E-state index is 0. The molecule has 8 heteroatoms. The maximum absolute atomic E-state index is 13.1. The van der Waals surface area contributed by atoms with E-state index in [2.05, 4.69) is 47.6 Å². The number of hydrogen-bond donors (Lipinski definition) is 2. The first-order valence-electron chi connectivity index (χ1n) is 9.70. The molecule has 0 spiro atoms. The lowest BCUT2D eigenvalue weighted by Crippen LogP contribution is -2.42. The van der Waals surface area contributed by atoms with Gasteiger partial charge in [-0.25, -0.2) is 4.98 Å². The number of fused-ring (bicyclic) bond motifs is 1. The number of aromatic nitrogens is 2. The Labute approximate surface area is 180 Å². The highest BCUT2D eigenvalue weighted by Gasteiger charge is 2.28. The zero-order valence-corrected chi connectivity index (χ0v) is 18.9. The fraction of sp³-hybridized carbons (Fsp3) is 0.476. The first-order chi connectivity index (χ1) is 13.4. The number of pyridine rings is 1. The van der Waals surface area contributed by atoms with E-state index in [1.54, 1.807) is 11.3 Å². The van der Waals surface area contributed by atoms with E-state index in [9.17, 15) is 4.79 Å². The highest BCUT2D eigenvalue weighted by Crippen LogP contribution is 2.33. The number of amides is 1. The van der Waals surface area contributed by atoms with Crippen LogP contribution in [0.25, 0.3) is 22.4 Å². The highest BCUT2D eigenvalue weighted by molar-refractivity contribution is 7.12. The van der Waals surface area contributed by atoms with Gasteiger partial charge in [-0.15, -0.1) is 23.7 Å². The fourth-order valence-electron chi connectivity index (χ4n) is 3.89. The maximum Gasteiger partial charge on any atom is 0.259 e. The van der Waals surface area contributed by atoms with Gasteiger partial charge in [-0.05, 0) is 64.3 Å². The minimum atomic E-state index is -0.0932.